The molecule has 2 aliphatic heterocycles. The summed E-state index contributed by atoms with van der Waals surface area (Å²) >= 11 is 6.01. The summed E-state index contributed by atoms with van der Waals surface area (Å²) in [5.41, 5.74) is 1.25. The van der Waals surface area contributed by atoms with Gasteiger partial charge in [-0.05, 0) is 30.7 Å². The van der Waals surface area contributed by atoms with Crippen molar-refractivity contribution < 1.29 is 4.74 Å². The largest absolute Gasteiger partial charge is 0.488 e. The molecule has 0 aromatic heterocycles. The molecule has 1 fully saturated rings. The fraction of sp³-hybridized carbons (Fsp3) is 0.571. The molecule has 4 heteroatoms. The number of ether oxygens (including phenoxy) is 1. The summed E-state index contributed by atoms with van der Waals surface area (Å²) < 4.78 is 5.99. The van der Waals surface area contributed by atoms with Gasteiger partial charge in [-0.1, -0.05) is 11.6 Å². The van der Waals surface area contributed by atoms with Gasteiger partial charge in [0.25, 0.3) is 0 Å². The molecule has 3 nitrogen and oxygen atoms in total. The second-order valence-electron chi connectivity index (χ2n) is 5.24. The lowest BCUT2D eigenvalue weighted by atomic mass is 10.1. The lowest BCUT2D eigenvalue weighted by Crippen LogP contribution is -2.52. The van der Waals surface area contributed by atoms with Crippen molar-refractivity contribution in [3.05, 3.63) is 28.8 Å². The van der Waals surface area contributed by atoms with Gasteiger partial charge in [0.05, 0.1) is 0 Å². The van der Waals surface area contributed by atoms with Crippen molar-refractivity contribution in [2.24, 2.45) is 0 Å². The second-order valence-corrected chi connectivity index (χ2v) is 5.68. The predicted octanol–water partition coefficient (Wildman–Crippen LogP) is 1.94. The van der Waals surface area contributed by atoms with Gasteiger partial charge in [0.1, 0.15) is 11.9 Å². The number of hydrogen-bond acceptors (Lipinski definition) is 3. The van der Waals surface area contributed by atoms with Crippen molar-refractivity contribution in [2.75, 3.05) is 26.2 Å². The lowest BCUT2D eigenvalue weighted by Gasteiger charge is -2.35. The first-order valence-electron chi connectivity index (χ1n) is 6.62. The zero-order chi connectivity index (χ0) is 12.5. The molecule has 3 rings (SSSR count). The van der Waals surface area contributed by atoms with Crippen LogP contribution in [0.3, 0.4) is 0 Å². The highest BCUT2D eigenvalue weighted by molar-refractivity contribution is 6.30. The first-order chi connectivity index (χ1) is 8.72. The molecule has 18 heavy (non-hydrogen) atoms. The molecule has 0 saturated carbocycles. The summed E-state index contributed by atoms with van der Waals surface area (Å²) in [5.74, 6) is 1.01. The van der Waals surface area contributed by atoms with E-state index >= 15 is 0 Å². The number of piperazine rings is 1. The van der Waals surface area contributed by atoms with E-state index in [1.54, 1.807) is 0 Å². The zero-order valence-electron chi connectivity index (χ0n) is 10.7. The van der Waals surface area contributed by atoms with Crippen LogP contribution in [0.1, 0.15) is 12.5 Å². The van der Waals surface area contributed by atoms with Crippen LogP contribution in [0, 0.1) is 0 Å². The van der Waals surface area contributed by atoms with E-state index in [4.69, 9.17) is 16.3 Å². The van der Waals surface area contributed by atoms with Crippen LogP contribution < -0.4 is 10.1 Å². The Kier molecular flexibility index (Phi) is 3.46. The van der Waals surface area contributed by atoms with Crippen molar-refractivity contribution in [1.29, 1.82) is 0 Å². The normalized spacial score (nSPS) is 27.9. The number of hydrogen-bond donors (Lipinski definition) is 1. The Hall–Kier alpha value is -0.770. The molecular weight excluding hydrogens is 248 g/mol. The number of rotatable bonds is 2. The maximum Gasteiger partial charge on any atom is 0.123 e. The van der Waals surface area contributed by atoms with Gasteiger partial charge in [0.15, 0.2) is 0 Å². The third kappa shape index (κ3) is 2.48. The molecule has 0 amide bonds. The minimum absolute atomic E-state index is 0.277. The highest BCUT2D eigenvalue weighted by atomic mass is 35.5. The van der Waals surface area contributed by atoms with Crippen LogP contribution in [0.25, 0.3) is 0 Å². The number of benzene rings is 1. The highest BCUT2D eigenvalue weighted by Gasteiger charge is 2.27. The number of nitrogens with zero attached hydrogens (tertiary/aromatic N) is 1. The molecular formula is C14H19ClN2O. The minimum atomic E-state index is 0.277. The summed E-state index contributed by atoms with van der Waals surface area (Å²) in [6.07, 6.45) is 1.26. The van der Waals surface area contributed by atoms with Crippen molar-refractivity contribution >= 4 is 11.6 Å². The van der Waals surface area contributed by atoms with E-state index in [1.807, 2.05) is 18.2 Å². The molecule has 1 aromatic rings. The standard InChI is InChI=1S/C14H19ClN2O/c1-10-8-16-4-5-17(10)9-13-7-11-6-12(15)2-3-14(11)18-13/h2-3,6,10,13,16H,4-5,7-9H2,1H3/t10-,13?/m1/s1. The summed E-state index contributed by atoms with van der Waals surface area (Å²) in [4.78, 5) is 2.51. The van der Waals surface area contributed by atoms with Gasteiger partial charge in [0.2, 0.25) is 0 Å². The third-order valence-corrected chi connectivity index (χ3v) is 4.08. The van der Waals surface area contributed by atoms with Crippen molar-refractivity contribution in [3.63, 3.8) is 0 Å². The van der Waals surface area contributed by atoms with Crippen LogP contribution >= 0.6 is 11.6 Å². The van der Waals surface area contributed by atoms with Gasteiger partial charge in [-0.15, -0.1) is 0 Å². The van der Waals surface area contributed by atoms with E-state index in [2.05, 4.69) is 17.1 Å². The Morgan fingerprint density at radius 2 is 2.39 bits per heavy atom. The molecule has 2 aliphatic rings. The van der Waals surface area contributed by atoms with E-state index in [1.165, 1.54) is 5.56 Å². The van der Waals surface area contributed by atoms with Crippen LogP contribution in [0.5, 0.6) is 5.75 Å². The van der Waals surface area contributed by atoms with Crippen molar-refractivity contribution in [1.82, 2.24) is 10.2 Å². The quantitative estimate of drug-likeness (QED) is 0.885. The molecule has 1 N–H and O–H groups in total. The zero-order valence-corrected chi connectivity index (χ0v) is 11.4. The summed E-state index contributed by atoms with van der Waals surface area (Å²) in [5, 5.41) is 4.21. The van der Waals surface area contributed by atoms with Crippen LogP contribution in [0.15, 0.2) is 18.2 Å². The van der Waals surface area contributed by atoms with Crippen molar-refractivity contribution in [3.8, 4) is 5.75 Å². The second kappa shape index (κ2) is 5.08. The topological polar surface area (TPSA) is 24.5 Å². The lowest BCUT2D eigenvalue weighted by molar-refractivity contribution is 0.106. The summed E-state index contributed by atoms with van der Waals surface area (Å²) in [7, 11) is 0. The van der Waals surface area contributed by atoms with Gasteiger partial charge in [-0.3, -0.25) is 4.90 Å². The Morgan fingerprint density at radius 3 is 3.22 bits per heavy atom. The molecule has 1 aromatic carbocycles. The van der Waals surface area contributed by atoms with Gasteiger partial charge in [-0.2, -0.15) is 0 Å². The van der Waals surface area contributed by atoms with Crippen molar-refractivity contribution in [2.45, 2.75) is 25.5 Å². The van der Waals surface area contributed by atoms with E-state index in [0.29, 0.717) is 6.04 Å². The maximum atomic E-state index is 6.01. The van der Waals surface area contributed by atoms with Gasteiger partial charge in [-0.25, -0.2) is 0 Å². The highest BCUT2D eigenvalue weighted by Crippen LogP contribution is 2.31. The number of nitrogens with one attached hydrogen (secondary N) is 1. The van der Waals surface area contributed by atoms with Gasteiger partial charge < -0.3 is 10.1 Å². The maximum absolute atomic E-state index is 6.01. The molecule has 0 radical (unpaired) electrons. The molecule has 1 unspecified atom stereocenters. The Balaban J connectivity index is 1.63. The molecule has 2 atom stereocenters. The Morgan fingerprint density at radius 1 is 1.50 bits per heavy atom. The van der Waals surface area contributed by atoms with Gasteiger partial charge >= 0.3 is 0 Å². The van der Waals surface area contributed by atoms with Crippen LogP contribution in [0.4, 0.5) is 0 Å². The molecule has 98 valence electrons. The predicted molar refractivity (Wildman–Crippen MR) is 73.5 cm³/mol. The number of fused-ring (bicyclic) bond motifs is 1. The van der Waals surface area contributed by atoms with E-state index in [0.717, 1.165) is 43.4 Å². The SMILES string of the molecule is C[C@@H]1CNCCN1CC1Cc2cc(Cl)ccc2O1. The molecule has 0 aliphatic carbocycles. The molecule has 1 saturated heterocycles. The van der Waals surface area contributed by atoms with E-state index < -0.39 is 0 Å². The van der Waals surface area contributed by atoms with Crippen LogP contribution in [0.2, 0.25) is 5.02 Å². The molecule has 0 spiro atoms. The molecule has 2 heterocycles. The summed E-state index contributed by atoms with van der Waals surface area (Å²) in [6, 6.07) is 6.50. The first kappa shape index (κ1) is 12.3. The monoisotopic (exact) mass is 266 g/mol. The number of halogens is 1. The first-order valence-corrected chi connectivity index (χ1v) is 7.00. The third-order valence-electron chi connectivity index (χ3n) is 3.84. The van der Waals surface area contributed by atoms with Crippen LogP contribution in [-0.2, 0) is 6.42 Å². The summed E-state index contributed by atoms with van der Waals surface area (Å²) in [6.45, 7) is 6.54. The smallest absolute Gasteiger partial charge is 0.123 e. The Labute approximate surface area is 113 Å². The van der Waals surface area contributed by atoms with Gasteiger partial charge in [0, 0.05) is 43.7 Å². The Bertz CT molecular complexity index is 438. The van der Waals surface area contributed by atoms with E-state index in [9.17, 15) is 0 Å². The average Bonchev–Trinajstić information content (AvgIpc) is 2.73. The minimum Gasteiger partial charge on any atom is -0.488 e. The average molecular weight is 267 g/mol. The fourth-order valence-corrected chi connectivity index (χ4v) is 3.00. The molecule has 0 bridgehead atoms. The fourth-order valence-electron chi connectivity index (χ4n) is 2.81. The van der Waals surface area contributed by atoms with Crippen LogP contribution in [-0.4, -0.2) is 43.2 Å². The van der Waals surface area contributed by atoms with E-state index in [-0.39, 0.29) is 6.10 Å².